The topological polar surface area (TPSA) is 98.3 Å². The summed E-state index contributed by atoms with van der Waals surface area (Å²) in [6.45, 7) is 2.00. The van der Waals surface area contributed by atoms with Gasteiger partial charge in [0, 0.05) is 12.1 Å². The highest BCUT2D eigenvalue weighted by Crippen LogP contribution is 2.26. The number of nitro groups is 1. The number of carbonyl (C=O) groups is 1. The molecule has 0 aliphatic heterocycles. The highest BCUT2D eigenvalue weighted by atomic mass is 35.5. The van der Waals surface area contributed by atoms with Gasteiger partial charge in [0.1, 0.15) is 0 Å². The third-order valence-electron chi connectivity index (χ3n) is 2.62. The molecule has 1 rings (SSSR count). The standard InChI is InChI=1S/C12H16ClN3O3/c1-2-3-4-10(14)12(17)15-11-7-8(16(18)19)5-6-9(11)13/h5-7,10H,2-4,14H2,1H3,(H,15,17). The second kappa shape index (κ2) is 7.06. The summed E-state index contributed by atoms with van der Waals surface area (Å²) >= 11 is 5.88. The van der Waals surface area contributed by atoms with E-state index in [1.807, 2.05) is 6.92 Å². The average Bonchev–Trinajstić information content (AvgIpc) is 2.38. The molecule has 19 heavy (non-hydrogen) atoms. The molecule has 0 bridgehead atoms. The molecule has 104 valence electrons. The number of nitrogens with two attached hydrogens (primary N) is 1. The lowest BCUT2D eigenvalue weighted by Crippen LogP contribution is -2.35. The van der Waals surface area contributed by atoms with Crippen LogP contribution in [-0.4, -0.2) is 16.9 Å². The molecule has 3 N–H and O–H groups in total. The normalized spacial score (nSPS) is 11.9. The number of hydrogen-bond acceptors (Lipinski definition) is 4. The van der Waals surface area contributed by atoms with Crippen molar-refractivity contribution in [2.45, 2.75) is 32.2 Å². The number of hydrogen-bond donors (Lipinski definition) is 2. The summed E-state index contributed by atoms with van der Waals surface area (Å²) in [4.78, 5) is 21.9. The molecule has 1 aromatic carbocycles. The maximum Gasteiger partial charge on any atom is 0.271 e. The van der Waals surface area contributed by atoms with Crippen LogP contribution in [0.4, 0.5) is 11.4 Å². The van der Waals surface area contributed by atoms with E-state index in [2.05, 4.69) is 5.32 Å². The number of rotatable bonds is 6. The molecule has 0 saturated heterocycles. The van der Waals surface area contributed by atoms with E-state index >= 15 is 0 Å². The first kappa shape index (κ1) is 15.4. The molecule has 6 nitrogen and oxygen atoms in total. The summed E-state index contributed by atoms with van der Waals surface area (Å²) in [5.41, 5.74) is 5.77. The second-order valence-corrected chi connectivity index (χ2v) is 4.57. The predicted molar refractivity (Wildman–Crippen MR) is 74.2 cm³/mol. The van der Waals surface area contributed by atoms with Gasteiger partial charge in [-0.2, -0.15) is 0 Å². The number of carbonyl (C=O) groups excluding carboxylic acids is 1. The minimum atomic E-state index is -0.643. The van der Waals surface area contributed by atoms with Gasteiger partial charge in [0.15, 0.2) is 0 Å². The fourth-order valence-electron chi connectivity index (χ4n) is 1.50. The SMILES string of the molecule is CCCCC(N)C(=O)Nc1cc([N+](=O)[O-])ccc1Cl. The number of benzene rings is 1. The van der Waals surface area contributed by atoms with Crippen LogP contribution in [0.25, 0.3) is 0 Å². The zero-order valence-electron chi connectivity index (χ0n) is 10.6. The number of nitro benzene ring substituents is 1. The van der Waals surface area contributed by atoms with Crippen LogP contribution in [0.2, 0.25) is 5.02 Å². The Morgan fingerprint density at radius 1 is 1.58 bits per heavy atom. The number of halogens is 1. The Hall–Kier alpha value is -1.66. The first-order chi connectivity index (χ1) is 8.95. The van der Waals surface area contributed by atoms with E-state index in [0.29, 0.717) is 6.42 Å². The minimum Gasteiger partial charge on any atom is -0.323 e. The Balaban J connectivity index is 2.78. The lowest BCUT2D eigenvalue weighted by Gasteiger charge is -2.12. The van der Waals surface area contributed by atoms with E-state index in [1.165, 1.54) is 18.2 Å². The van der Waals surface area contributed by atoms with Crippen molar-refractivity contribution < 1.29 is 9.72 Å². The van der Waals surface area contributed by atoms with Gasteiger partial charge < -0.3 is 11.1 Å². The first-order valence-corrected chi connectivity index (χ1v) is 6.34. The zero-order valence-corrected chi connectivity index (χ0v) is 11.3. The van der Waals surface area contributed by atoms with E-state index in [0.717, 1.165) is 12.8 Å². The van der Waals surface area contributed by atoms with E-state index in [-0.39, 0.29) is 16.4 Å². The lowest BCUT2D eigenvalue weighted by atomic mass is 10.1. The summed E-state index contributed by atoms with van der Waals surface area (Å²) < 4.78 is 0. The molecule has 0 spiro atoms. The number of nitrogens with one attached hydrogen (secondary N) is 1. The highest BCUT2D eigenvalue weighted by molar-refractivity contribution is 6.33. The van der Waals surface area contributed by atoms with Gasteiger partial charge in [-0.1, -0.05) is 31.4 Å². The van der Waals surface area contributed by atoms with Crippen molar-refractivity contribution in [3.05, 3.63) is 33.3 Å². The molecule has 1 amide bonds. The minimum absolute atomic E-state index is 0.137. The molecule has 0 fully saturated rings. The molecule has 7 heteroatoms. The van der Waals surface area contributed by atoms with Gasteiger partial charge in [0.25, 0.3) is 5.69 Å². The Kier molecular flexibility index (Phi) is 5.72. The van der Waals surface area contributed by atoms with Gasteiger partial charge in [0.05, 0.1) is 21.7 Å². The predicted octanol–water partition coefficient (Wildman–Crippen LogP) is 2.70. The molecular weight excluding hydrogens is 270 g/mol. The summed E-state index contributed by atoms with van der Waals surface area (Å²) in [5.74, 6) is -0.393. The summed E-state index contributed by atoms with van der Waals surface area (Å²) in [7, 11) is 0. The fraction of sp³-hybridized carbons (Fsp3) is 0.417. The highest BCUT2D eigenvalue weighted by Gasteiger charge is 2.16. The Bertz CT molecular complexity index is 479. The molecule has 0 aliphatic carbocycles. The van der Waals surface area contributed by atoms with Crippen molar-refractivity contribution in [1.82, 2.24) is 0 Å². The van der Waals surface area contributed by atoms with Crippen molar-refractivity contribution in [2.24, 2.45) is 5.73 Å². The maximum atomic E-state index is 11.8. The molecule has 0 saturated carbocycles. The molecule has 0 aliphatic rings. The van der Waals surface area contributed by atoms with E-state index < -0.39 is 16.9 Å². The van der Waals surface area contributed by atoms with Gasteiger partial charge >= 0.3 is 0 Å². The molecular formula is C12H16ClN3O3. The van der Waals surface area contributed by atoms with Gasteiger partial charge in [-0.15, -0.1) is 0 Å². The third kappa shape index (κ3) is 4.50. The largest absolute Gasteiger partial charge is 0.323 e. The zero-order chi connectivity index (χ0) is 14.4. The number of anilines is 1. The van der Waals surface area contributed by atoms with Gasteiger partial charge in [-0.25, -0.2) is 0 Å². The Labute approximate surface area is 116 Å². The fourth-order valence-corrected chi connectivity index (χ4v) is 1.67. The molecule has 0 heterocycles. The molecule has 1 aromatic rings. The van der Waals surface area contributed by atoms with Crippen LogP contribution in [0.3, 0.4) is 0 Å². The molecule has 1 unspecified atom stereocenters. The van der Waals surface area contributed by atoms with E-state index in [9.17, 15) is 14.9 Å². The van der Waals surface area contributed by atoms with Crippen LogP contribution >= 0.6 is 11.6 Å². The number of nitrogens with zero attached hydrogens (tertiary/aromatic N) is 1. The average molecular weight is 286 g/mol. The quantitative estimate of drug-likeness (QED) is 0.620. The molecule has 0 aromatic heterocycles. The van der Waals surface area contributed by atoms with Crippen molar-refractivity contribution in [1.29, 1.82) is 0 Å². The molecule has 1 atom stereocenters. The van der Waals surface area contributed by atoms with Gasteiger partial charge in [-0.3, -0.25) is 14.9 Å². The van der Waals surface area contributed by atoms with Crippen LogP contribution in [0, 0.1) is 10.1 Å². The van der Waals surface area contributed by atoms with E-state index in [1.54, 1.807) is 0 Å². The maximum absolute atomic E-state index is 11.8. The third-order valence-corrected chi connectivity index (χ3v) is 2.95. The van der Waals surface area contributed by atoms with Crippen LogP contribution in [-0.2, 0) is 4.79 Å². The number of non-ortho nitro benzene ring substituents is 1. The van der Waals surface area contributed by atoms with Crippen LogP contribution in [0.5, 0.6) is 0 Å². The van der Waals surface area contributed by atoms with E-state index in [4.69, 9.17) is 17.3 Å². The molecule has 0 radical (unpaired) electrons. The van der Waals surface area contributed by atoms with Gasteiger partial charge in [-0.05, 0) is 12.5 Å². The van der Waals surface area contributed by atoms with Crippen LogP contribution in [0.1, 0.15) is 26.2 Å². The first-order valence-electron chi connectivity index (χ1n) is 5.96. The lowest BCUT2D eigenvalue weighted by molar-refractivity contribution is -0.384. The van der Waals surface area contributed by atoms with Gasteiger partial charge in [0.2, 0.25) is 5.91 Å². The summed E-state index contributed by atoms with van der Waals surface area (Å²) in [6, 6.07) is 3.21. The van der Waals surface area contributed by atoms with Crippen molar-refractivity contribution in [3.63, 3.8) is 0 Å². The van der Waals surface area contributed by atoms with Crippen molar-refractivity contribution in [3.8, 4) is 0 Å². The Morgan fingerprint density at radius 3 is 2.84 bits per heavy atom. The Morgan fingerprint density at radius 2 is 2.26 bits per heavy atom. The number of amides is 1. The smallest absolute Gasteiger partial charge is 0.271 e. The summed E-state index contributed by atoms with van der Waals surface area (Å²) in [6.07, 6.45) is 2.35. The van der Waals surface area contributed by atoms with Crippen LogP contribution < -0.4 is 11.1 Å². The van der Waals surface area contributed by atoms with Crippen LogP contribution in [0.15, 0.2) is 18.2 Å². The monoisotopic (exact) mass is 285 g/mol. The number of unbranched alkanes of at least 4 members (excludes halogenated alkanes) is 1. The van der Waals surface area contributed by atoms with Crippen molar-refractivity contribution >= 4 is 28.9 Å². The summed E-state index contributed by atoms with van der Waals surface area (Å²) in [5, 5.41) is 13.4. The van der Waals surface area contributed by atoms with Crippen molar-refractivity contribution in [2.75, 3.05) is 5.32 Å². The second-order valence-electron chi connectivity index (χ2n) is 4.16.